The van der Waals surface area contributed by atoms with E-state index in [9.17, 15) is 0 Å². The number of nitrogens with zero attached hydrogens (tertiary/aromatic N) is 2. The fourth-order valence-electron chi connectivity index (χ4n) is 0.804. The third-order valence-electron chi connectivity index (χ3n) is 1.29. The smallest absolute Gasteiger partial charge is 0.147 e. The van der Waals surface area contributed by atoms with Crippen LogP contribution in [0, 0.1) is 0 Å². The molecule has 0 spiro atoms. The van der Waals surface area contributed by atoms with Gasteiger partial charge in [0.25, 0.3) is 0 Å². The first-order chi connectivity index (χ1) is 4.77. The molecule has 1 aromatic heterocycles. The van der Waals surface area contributed by atoms with Gasteiger partial charge in [-0.2, -0.15) is 4.79 Å². The predicted octanol–water partition coefficient (Wildman–Crippen LogP) is -1.38. The topological polar surface area (TPSA) is 113 Å². The second-order valence-electron chi connectivity index (χ2n) is 1.95. The Labute approximate surface area is 64.4 Å². The highest BCUT2D eigenvalue weighted by atomic mass is 16.0. The van der Waals surface area contributed by atoms with Crippen molar-refractivity contribution in [1.82, 2.24) is 9.89 Å². The lowest BCUT2D eigenvalue weighted by atomic mass is 10.3. The SMILES string of the molecule is CCc1cc(N)nn1NN.O. The minimum absolute atomic E-state index is 0. The number of anilines is 1. The largest absolute Gasteiger partial charge is 0.412 e. The minimum Gasteiger partial charge on any atom is -0.412 e. The minimum atomic E-state index is 0. The fraction of sp³-hybridized carbons (Fsp3) is 0.400. The van der Waals surface area contributed by atoms with Crippen LogP contribution >= 0.6 is 0 Å². The second-order valence-corrected chi connectivity index (χ2v) is 1.95. The highest BCUT2D eigenvalue weighted by molar-refractivity contribution is 5.29. The summed E-state index contributed by atoms with van der Waals surface area (Å²) in [6.07, 6.45) is 0.856. The monoisotopic (exact) mass is 159 g/mol. The van der Waals surface area contributed by atoms with E-state index in [1.165, 1.54) is 4.79 Å². The molecule has 1 rings (SSSR count). The van der Waals surface area contributed by atoms with Crippen molar-refractivity contribution >= 4 is 5.82 Å². The maximum absolute atomic E-state index is 5.40. The predicted molar refractivity (Wildman–Crippen MR) is 43.2 cm³/mol. The molecule has 0 radical (unpaired) electrons. The van der Waals surface area contributed by atoms with Crippen molar-refractivity contribution in [2.24, 2.45) is 5.84 Å². The van der Waals surface area contributed by atoms with Crippen molar-refractivity contribution in [3.05, 3.63) is 11.8 Å². The van der Waals surface area contributed by atoms with Gasteiger partial charge in [-0.15, -0.1) is 5.10 Å². The molecule has 0 fully saturated rings. The van der Waals surface area contributed by atoms with Gasteiger partial charge in [0.15, 0.2) is 0 Å². The fourth-order valence-corrected chi connectivity index (χ4v) is 0.804. The van der Waals surface area contributed by atoms with Gasteiger partial charge >= 0.3 is 0 Å². The Hall–Kier alpha value is -1.27. The van der Waals surface area contributed by atoms with Gasteiger partial charge in [0, 0.05) is 6.07 Å². The quantitative estimate of drug-likeness (QED) is 0.364. The molecule has 7 N–H and O–H groups in total. The number of aromatic nitrogens is 2. The van der Waals surface area contributed by atoms with Crippen molar-refractivity contribution in [2.45, 2.75) is 13.3 Å². The van der Waals surface area contributed by atoms with Gasteiger partial charge < -0.3 is 11.2 Å². The molecule has 6 nitrogen and oxygen atoms in total. The van der Waals surface area contributed by atoms with Crippen LogP contribution in [-0.4, -0.2) is 15.4 Å². The van der Waals surface area contributed by atoms with Gasteiger partial charge in [0.2, 0.25) is 0 Å². The molecule has 0 aliphatic rings. The third-order valence-corrected chi connectivity index (χ3v) is 1.29. The summed E-state index contributed by atoms with van der Waals surface area (Å²) in [5.41, 5.74) is 8.77. The summed E-state index contributed by atoms with van der Waals surface area (Å²) in [7, 11) is 0. The lowest BCUT2D eigenvalue weighted by molar-refractivity contribution is 0.712. The number of aryl methyl sites for hydroxylation is 1. The van der Waals surface area contributed by atoms with Crippen LogP contribution in [0.15, 0.2) is 6.07 Å². The Morgan fingerprint density at radius 1 is 1.73 bits per heavy atom. The van der Waals surface area contributed by atoms with E-state index in [0.717, 1.165) is 12.1 Å². The van der Waals surface area contributed by atoms with Crippen LogP contribution < -0.4 is 17.1 Å². The molecule has 0 unspecified atom stereocenters. The standard InChI is InChI=1S/C5H11N5.H2O/c1-2-4-3-5(6)8-10(4)9-7;/h3,9H,2,7H2,1H3,(H2,6,8);1H2. The zero-order valence-electron chi connectivity index (χ0n) is 6.33. The lowest BCUT2D eigenvalue weighted by Gasteiger charge is -2.00. The molecule has 0 bridgehead atoms. The van der Waals surface area contributed by atoms with Crippen LogP contribution in [0.25, 0.3) is 0 Å². The Balaban J connectivity index is 0.000001000. The second kappa shape index (κ2) is 3.79. The van der Waals surface area contributed by atoms with Crippen molar-refractivity contribution < 1.29 is 5.48 Å². The normalized spacial score (nSPS) is 8.91. The summed E-state index contributed by atoms with van der Waals surface area (Å²) in [6, 6.07) is 1.78. The van der Waals surface area contributed by atoms with Crippen LogP contribution in [0.4, 0.5) is 5.82 Å². The van der Waals surface area contributed by atoms with Gasteiger partial charge in [-0.3, -0.25) is 0 Å². The number of rotatable bonds is 2. The van der Waals surface area contributed by atoms with Crippen molar-refractivity contribution in [3.8, 4) is 0 Å². The Morgan fingerprint density at radius 3 is 2.73 bits per heavy atom. The number of hydrazine groups is 1. The molecular formula is C5H13N5O. The molecule has 0 aromatic carbocycles. The van der Waals surface area contributed by atoms with Crippen molar-refractivity contribution in [1.29, 1.82) is 0 Å². The summed E-state index contributed by atoms with van der Waals surface area (Å²) in [5.74, 6) is 5.62. The average molecular weight is 159 g/mol. The first kappa shape index (κ1) is 9.73. The summed E-state index contributed by atoms with van der Waals surface area (Å²) in [4.78, 5) is 1.45. The van der Waals surface area contributed by atoms with E-state index in [2.05, 4.69) is 10.6 Å². The van der Waals surface area contributed by atoms with Crippen LogP contribution in [-0.2, 0) is 6.42 Å². The number of hydrogen-bond donors (Lipinski definition) is 3. The Bertz CT molecular complexity index is 199. The van der Waals surface area contributed by atoms with E-state index in [1.54, 1.807) is 6.07 Å². The molecule has 6 heteroatoms. The van der Waals surface area contributed by atoms with Crippen LogP contribution in [0.3, 0.4) is 0 Å². The van der Waals surface area contributed by atoms with Crippen LogP contribution in [0.1, 0.15) is 12.6 Å². The molecule has 11 heavy (non-hydrogen) atoms. The van der Waals surface area contributed by atoms with E-state index in [0.29, 0.717) is 5.82 Å². The third kappa shape index (κ3) is 1.82. The molecule has 0 saturated heterocycles. The molecule has 0 aliphatic carbocycles. The van der Waals surface area contributed by atoms with E-state index >= 15 is 0 Å². The number of nitrogen functional groups attached to an aromatic ring is 2. The molecule has 64 valence electrons. The Kier molecular flexibility index (Phi) is 3.35. The zero-order chi connectivity index (χ0) is 7.56. The summed E-state index contributed by atoms with van der Waals surface area (Å²) in [6.45, 7) is 2.00. The lowest BCUT2D eigenvalue weighted by Crippen LogP contribution is -2.24. The van der Waals surface area contributed by atoms with Crippen LogP contribution in [0.5, 0.6) is 0 Å². The van der Waals surface area contributed by atoms with Gasteiger partial charge in [-0.1, -0.05) is 6.92 Å². The Morgan fingerprint density at radius 2 is 2.36 bits per heavy atom. The van der Waals surface area contributed by atoms with Gasteiger partial charge in [-0.25, -0.2) is 11.4 Å². The van der Waals surface area contributed by atoms with Gasteiger partial charge in [0.05, 0.1) is 5.69 Å². The zero-order valence-corrected chi connectivity index (χ0v) is 6.33. The summed E-state index contributed by atoms with van der Waals surface area (Å²) < 4.78 is 0. The average Bonchev–Trinajstić information content (AvgIpc) is 2.30. The van der Waals surface area contributed by atoms with Gasteiger partial charge in [0.1, 0.15) is 5.82 Å². The van der Waals surface area contributed by atoms with E-state index < -0.39 is 0 Å². The molecular weight excluding hydrogens is 146 g/mol. The molecule has 0 aliphatic heterocycles. The van der Waals surface area contributed by atoms with Crippen LogP contribution in [0.2, 0.25) is 0 Å². The summed E-state index contributed by atoms with van der Waals surface area (Å²) in [5, 5.41) is 3.86. The number of nitrogens with one attached hydrogen (secondary N) is 1. The number of nitrogens with two attached hydrogens (primary N) is 2. The highest BCUT2D eigenvalue weighted by Crippen LogP contribution is 2.03. The first-order valence-electron chi connectivity index (χ1n) is 3.09. The molecule has 0 saturated carbocycles. The maximum atomic E-state index is 5.40. The van der Waals surface area contributed by atoms with E-state index in [-0.39, 0.29) is 5.48 Å². The summed E-state index contributed by atoms with van der Waals surface area (Å²) >= 11 is 0. The van der Waals surface area contributed by atoms with Crippen molar-refractivity contribution in [3.63, 3.8) is 0 Å². The molecule has 0 amide bonds. The first-order valence-corrected chi connectivity index (χ1v) is 3.09. The van der Waals surface area contributed by atoms with Crippen molar-refractivity contribution in [2.75, 3.05) is 11.3 Å². The highest BCUT2D eigenvalue weighted by Gasteiger charge is 2.00. The van der Waals surface area contributed by atoms with E-state index in [4.69, 9.17) is 11.6 Å². The molecule has 1 aromatic rings. The molecule has 1 heterocycles. The van der Waals surface area contributed by atoms with Gasteiger partial charge in [-0.05, 0) is 6.42 Å². The number of hydrogen-bond acceptors (Lipinski definition) is 4. The maximum Gasteiger partial charge on any atom is 0.147 e. The van der Waals surface area contributed by atoms with E-state index in [1.807, 2.05) is 6.92 Å². The molecule has 0 atom stereocenters.